The Labute approximate surface area is 126 Å². The van der Waals surface area contributed by atoms with E-state index in [-0.39, 0.29) is 0 Å². The van der Waals surface area contributed by atoms with Crippen molar-refractivity contribution in [1.29, 1.82) is 0 Å². The van der Waals surface area contributed by atoms with E-state index < -0.39 is 5.91 Å². The molecule has 3 nitrogen and oxygen atoms in total. The van der Waals surface area contributed by atoms with Crippen molar-refractivity contribution >= 4 is 34.2 Å². The molecule has 0 spiro atoms. The van der Waals surface area contributed by atoms with Crippen molar-refractivity contribution in [3.8, 4) is 0 Å². The monoisotopic (exact) mass is 366 g/mol. The summed E-state index contributed by atoms with van der Waals surface area (Å²) in [4.78, 5) is 11.0. The van der Waals surface area contributed by atoms with E-state index in [1.54, 1.807) is 12.1 Å². The van der Waals surface area contributed by atoms with E-state index in [9.17, 15) is 4.79 Å². The molecule has 0 aliphatic carbocycles. The Hall–Kier alpha value is -1.56. The van der Waals surface area contributed by atoms with Crippen molar-refractivity contribution < 1.29 is 4.79 Å². The molecule has 0 radical (unpaired) electrons. The van der Waals surface area contributed by atoms with Crippen LogP contribution in [0.4, 0.5) is 5.69 Å². The van der Waals surface area contributed by atoms with Gasteiger partial charge in [-0.1, -0.05) is 12.1 Å². The summed E-state index contributed by atoms with van der Waals surface area (Å²) < 4.78 is 1.23. The van der Waals surface area contributed by atoms with Crippen molar-refractivity contribution in [2.75, 3.05) is 5.32 Å². The van der Waals surface area contributed by atoms with Crippen molar-refractivity contribution in [2.45, 2.75) is 13.5 Å². The summed E-state index contributed by atoms with van der Waals surface area (Å²) in [7, 11) is 0. The number of hydrogen-bond acceptors (Lipinski definition) is 2. The van der Waals surface area contributed by atoms with E-state index >= 15 is 0 Å². The zero-order valence-corrected chi connectivity index (χ0v) is 12.8. The predicted octanol–water partition coefficient (Wildman–Crippen LogP) is 3.31. The first-order valence-corrected chi connectivity index (χ1v) is 7.03. The number of primary amides is 1. The summed E-state index contributed by atoms with van der Waals surface area (Å²) in [5.41, 5.74) is 9.20. The first kappa shape index (κ1) is 13.9. The molecule has 98 valence electrons. The van der Waals surface area contributed by atoms with Gasteiger partial charge in [0, 0.05) is 21.4 Å². The number of nitrogens with two attached hydrogens (primary N) is 1. The molecule has 19 heavy (non-hydrogen) atoms. The molecule has 2 aromatic carbocycles. The molecule has 0 heterocycles. The molecule has 3 N–H and O–H groups in total. The minimum absolute atomic E-state index is 0.395. The smallest absolute Gasteiger partial charge is 0.248 e. The molecule has 0 saturated heterocycles. The summed E-state index contributed by atoms with van der Waals surface area (Å²) in [6.45, 7) is 2.81. The van der Waals surface area contributed by atoms with E-state index in [1.165, 1.54) is 9.13 Å². The number of hydrogen-bond donors (Lipinski definition) is 2. The SMILES string of the molecule is Cc1cc(I)ccc1NCc1ccc(C(N)=O)cc1. The van der Waals surface area contributed by atoms with E-state index in [0.717, 1.165) is 17.8 Å². The standard InChI is InChI=1S/C15H15IN2O/c1-10-8-13(16)6-7-14(10)18-9-11-2-4-12(5-3-11)15(17)19/h2-8,18H,9H2,1H3,(H2,17,19). The van der Waals surface area contributed by atoms with Gasteiger partial charge in [0.15, 0.2) is 0 Å². The topological polar surface area (TPSA) is 55.1 Å². The number of aryl methyl sites for hydroxylation is 1. The number of rotatable bonds is 4. The second-order valence-electron chi connectivity index (χ2n) is 4.37. The van der Waals surface area contributed by atoms with Crippen LogP contribution in [0, 0.1) is 10.5 Å². The Kier molecular flexibility index (Phi) is 4.42. The lowest BCUT2D eigenvalue weighted by Crippen LogP contribution is -2.10. The number of benzene rings is 2. The van der Waals surface area contributed by atoms with Crippen molar-refractivity contribution in [2.24, 2.45) is 5.73 Å². The molecule has 1 amide bonds. The quantitative estimate of drug-likeness (QED) is 0.816. The largest absolute Gasteiger partial charge is 0.381 e. The van der Waals surface area contributed by atoms with Crippen molar-refractivity contribution in [1.82, 2.24) is 0 Å². The molecule has 2 aromatic rings. The van der Waals surface area contributed by atoms with Gasteiger partial charge in [-0.25, -0.2) is 0 Å². The highest BCUT2D eigenvalue weighted by molar-refractivity contribution is 14.1. The maximum Gasteiger partial charge on any atom is 0.248 e. The minimum atomic E-state index is -0.395. The van der Waals surface area contributed by atoms with E-state index in [1.807, 2.05) is 12.1 Å². The van der Waals surface area contributed by atoms with E-state index in [4.69, 9.17) is 5.73 Å². The second-order valence-corrected chi connectivity index (χ2v) is 5.62. The summed E-state index contributed by atoms with van der Waals surface area (Å²) in [6, 6.07) is 13.6. The Bertz CT molecular complexity index is 594. The maximum absolute atomic E-state index is 11.0. The van der Waals surface area contributed by atoms with Gasteiger partial charge in [-0.2, -0.15) is 0 Å². The number of anilines is 1. The molecule has 0 unspecified atom stereocenters. The molecule has 0 saturated carbocycles. The first-order chi connectivity index (χ1) is 9.06. The molecule has 4 heteroatoms. The average molecular weight is 366 g/mol. The molecule has 0 aromatic heterocycles. The summed E-state index contributed by atoms with van der Waals surface area (Å²) in [5.74, 6) is -0.395. The zero-order valence-electron chi connectivity index (χ0n) is 10.6. The Morgan fingerprint density at radius 3 is 2.47 bits per heavy atom. The van der Waals surface area contributed by atoms with Crippen LogP contribution in [0.15, 0.2) is 42.5 Å². The van der Waals surface area contributed by atoms with Gasteiger partial charge < -0.3 is 11.1 Å². The normalized spacial score (nSPS) is 10.2. The van der Waals surface area contributed by atoms with Gasteiger partial charge in [0.05, 0.1) is 0 Å². The van der Waals surface area contributed by atoms with Crippen LogP contribution >= 0.6 is 22.6 Å². The van der Waals surface area contributed by atoms with Crippen LogP contribution < -0.4 is 11.1 Å². The lowest BCUT2D eigenvalue weighted by atomic mass is 10.1. The van der Waals surface area contributed by atoms with Gasteiger partial charge >= 0.3 is 0 Å². The van der Waals surface area contributed by atoms with Gasteiger partial charge in [0.25, 0.3) is 0 Å². The second kappa shape index (κ2) is 6.06. The number of nitrogens with one attached hydrogen (secondary N) is 1. The zero-order chi connectivity index (χ0) is 13.8. The number of carbonyl (C=O) groups is 1. The van der Waals surface area contributed by atoms with Gasteiger partial charge in [-0.3, -0.25) is 4.79 Å². The highest BCUT2D eigenvalue weighted by atomic mass is 127. The molecular weight excluding hydrogens is 351 g/mol. The van der Waals surface area contributed by atoms with E-state index in [0.29, 0.717) is 5.56 Å². The van der Waals surface area contributed by atoms with Crippen LogP contribution in [0.2, 0.25) is 0 Å². The first-order valence-electron chi connectivity index (χ1n) is 5.95. The fourth-order valence-corrected chi connectivity index (χ4v) is 2.46. The molecule has 0 fully saturated rings. The van der Waals surface area contributed by atoms with Gasteiger partial charge in [-0.15, -0.1) is 0 Å². The minimum Gasteiger partial charge on any atom is -0.381 e. The summed E-state index contributed by atoms with van der Waals surface area (Å²) in [5, 5.41) is 3.39. The van der Waals surface area contributed by atoms with Gasteiger partial charge in [-0.05, 0) is 71.0 Å². The maximum atomic E-state index is 11.0. The van der Waals surface area contributed by atoms with Crippen LogP contribution in [-0.2, 0) is 6.54 Å². The molecule has 0 aliphatic heterocycles. The van der Waals surface area contributed by atoms with Crippen LogP contribution in [0.1, 0.15) is 21.5 Å². The van der Waals surface area contributed by atoms with Crippen LogP contribution in [0.5, 0.6) is 0 Å². The molecule has 2 rings (SSSR count). The number of halogens is 1. The van der Waals surface area contributed by atoms with Gasteiger partial charge in [0.2, 0.25) is 5.91 Å². The lowest BCUT2D eigenvalue weighted by molar-refractivity contribution is 0.100. The summed E-state index contributed by atoms with van der Waals surface area (Å²) in [6.07, 6.45) is 0. The third-order valence-corrected chi connectivity index (χ3v) is 3.58. The van der Waals surface area contributed by atoms with Crippen LogP contribution in [0.25, 0.3) is 0 Å². The molecule has 0 aliphatic rings. The Morgan fingerprint density at radius 2 is 1.89 bits per heavy atom. The third-order valence-electron chi connectivity index (χ3n) is 2.91. The molecule has 0 bridgehead atoms. The lowest BCUT2D eigenvalue weighted by Gasteiger charge is -2.10. The Balaban J connectivity index is 2.04. The fraction of sp³-hybridized carbons (Fsp3) is 0.133. The highest BCUT2D eigenvalue weighted by Crippen LogP contribution is 2.18. The average Bonchev–Trinajstić information content (AvgIpc) is 2.38. The number of carbonyl (C=O) groups excluding carboxylic acids is 1. The van der Waals surface area contributed by atoms with E-state index in [2.05, 4.69) is 53.0 Å². The number of amides is 1. The Morgan fingerprint density at radius 1 is 1.21 bits per heavy atom. The predicted molar refractivity (Wildman–Crippen MR) is 86.2 cm³/mol. The molecular formula is C15H15IN2O. The van der Waals surface area contributed by atoms with Crippen molar-refractivity contribution in [3.63, 3.8) is 0 Å². The summed E-state index contributed by atoms with van der Waals surface area (Å²) >= 11 is 2.30. The van der Waals surface area contributed by atoms with Crippen LogP contribution in [-0.4, -0.2) is 5.91 Å². The molecule has 0 atom stereocenters. The highest BCUT2D eigenvalue weighted by Gasteiger charge is 2.01. The van der Waals surface area contributed by atoms with Gasteiger partial charge in [0.1, 0.15) is 0 Å². The fourth-order valence-electron chi connectivity index (χ4n) is 1.81. The third kappa shape index (κ3) is 3.70. The van der Waals surface area contributed by atoms with Crippen molar-refractivity contribution in [3.05, 3.63) is 62.7 Å². The van der Waals surface area contributed by atoms with Crippen LogP contribution in [0.3, 0.4) is 0 Å².